The molecule has 2 heterocycles. The molecule has 2 amide bonds. The van der Waals surface area contributed by atoms with Gasteiger partial charge in [-0.05, 0) is 18.9 Å². The molecule has 2 fully saturated rings. The van der Waals surface area contributed by atoms with Gasteiger partial charge in [0.15, 0.2) is 0 Å². The number of aromatic nitrogens is 1. The molecule has 0 unspecified atom stereocenters. The minimum atomic E-state index is -0.454. The smallest absolute Gasteiger partial charge is 0.250 e. The summed E-state index contributed by atoms with van der Waals surface area (Å²) in [6.45, 7) is 2.02. The standard InChI is InChI=1S/C16H22N4O3/c21-14-3-1-2-8-19(14)9-6-15(22)20-10-7-17-11-13(20)16(23)18-12-4-5-12/h1-3,8,12-13,17H,4-7,9-11H2,(H,18,23)/t13-/m1/s1. The van der Waals surface area contributed by atoms with Gasteiger partial charge in [-0.3, -0.25) is 14.4 Å². The molecule has 1 saturated carbocycles. The van der Waals surface area contributed by atoms with Crippen LogP contribution in [-0.4, -0.2) is 53.0 Å². The summed E-state index contributed by atoms with van der Waals surface area (Å²) in [7, 11) is 0. The first-order valence-corrected chi connectivity index (χ1v) is 8.11. The van der Waals surface area contributed by atoms with Crippen LogP contribution in [0.5, 0.6) is 0 Å². The van der Waals surface area contributed by atoms with Crippen molar-refractivity contribution in [3.63, 3.8) is 0 Å². The van der Waals surface area contributed by atoms with Crippen molar-refractivity contribution in [2.75, 3.05) is 19.6 Å². The van der Waals surface area contributed by atoms with Crippen LogP contribution in [-0.2, 0) is 16.1 Å². The van der Waals surface area contributed by atoms with Gasteiger partial charge in [0.05, 0.1) is 0 Å². The molecule has 1 aromatic rings. The Balaban J connectivity index is 1.60. The molecule has 1 saturated heterocycles. The molecule has 1 aliphatic carbocycles. The molecule has 124 valence electrons. The highest BCUT2D eigenvalue weighted by Gasteiger charge is 2.34. The summed E-state index contributed by atoms with van der Waals surface area (Å²) in [6, 6.07) is 4.74. The monoisotopic (exact) mass is 318 g/mol. The highest BCUT2D eigenvalue weighted by molar-refractivity contribution is 5.88. The Hall–Kier alpha value is -2.15. The van der Waals surface area contributed by atoms with E-state index in [1.165, 1.54) is 10.6 Å². The Bertz CT molecular complexity index is 638. The van der Waals surface area contributed by atoms with Crippen molar-refractivity contribution >= 4 is 11.8 Å². The van der Waals surface area contributed by atoms with Crippen molar-refractivity contribution in [1.82, 2.24) is 20.1 Å². The molecule has 1 aliphatic heterocycles. The maximum Gasteiger partial charge on any atom is 0.250 e. The second kappa shape index (κ2) is 6.95. The van der Waals surface area contributed by atoms with Crippen LogP contribution < -0.4 is 16.2 Å². The predicted molar refractivity (Wildman–Crippen MR) is 84.9 cm³/mol. The minimum Gasteiger partial charge on any atom is -0.352 e. The van der Waals surface area contributed by atoms with Gasteiger partial charge in [-0.25, -0.2) is 0 Å². The van der Waals surface area contributed by atoms with Gasteiger partial charge in [0.2, 0.25) is 11.8 Å². The summed E-state index contributed by atoms with van der Waals surface area (Å²) in [4.78, 5) is 38.1. The number of hydrogen-bond donors (Lipinski definition) is 2. The number of piperazine rings is 1. The van der Waals surface area contributed by atoms with Crippen LogP contribution in [0.2, 0.25) is 0 Å². The lowest BCUT2D eigenvalue weighted by molar-refractivity contribution is -0.141. The SMILES string of the molecule is O=C(NC1CC1)[C@H]1CNCCN1C(=O)CCn1ccccc1=O. The van der Waals surface area contributed by atoms with Gasteiger partial charge in [0.25, 0.3) is 5.56 Å². The van der Waals surface area contributed by atoms with E-state index in [4.69, 9.17) is 0 Å². The van der Waals surface area contributed by atoms with Crippen molar-refractivity contribution in [1.29, 1.82) is 0 Å². The van der Waals surface area contributed by atoms with Gasteiger partial charge in [0.1, 0.15) is 6.04 Å². The molecule has 23 heavy (non-hydrogen) atoms. The lowest BCUT2D eigenvalue weighted by Gasteiger charge is -2.35. The van der Waals surface area contributed by atoms with Crippen molar-refractivity contribution in [3.05, 3.63) is 34.7 Å². The van der Waals surface area contributed by atoms with Crippen LogP contribution >= 0.6 is 0 Å². The molecular weight excluding hydrogens is 296 g/mol. The van der Waals surface area contributed by atoms with Crippen LogP contribution in [0.15, 0.2) is 29.2 Å². The highest BCUT2D eigenvalue weighted by Crippen LogP contribution is 2.19. The number of nitrogens with zero attached hydrogens (tertiary/aromatic N) is 2. The Kier molecular flexibility index (Phi) is 4.76. The minimum absolute atomic E-state index is 0.0788. The topological polar surface area (TPSA) is 83.4 Å². The second-order valence-electron chi connectivity index (χ2n) is 6.07. The van der Waals surface area contributed by atoms with Gasteiger partial charge in [-0.15, -0.1) is 0 Å². The zero-order valence-electron chi connectivity index (χ0n) is 13.0. The molecule has 2 N–H and O–H groups in total. The van der Waals surface area contributed by atoms with Crippen LogP contribution in [0.4, 0.5) is 0 Å². The second-order valence-corrected chi connectivity index (χ2v) is 6.07. The molecular formula is C16H22N4O3. The van der Waals surface area contributed by atoms with Crippen molar-refractivity contribution in [2.45, 2.75) is 37.9 Å². The molecule has 0 spiro atoms. The zero-order valence-corrected chi connectivity index (χ0v) is 13.0. The fourth-order valence-corrected chi connectivity index (χ4v) is 2.77. The summed E-state index contributed by atoms with van der Waals surface area (Å²) < 4.78 is 1.51. The molecule has 3 rings (SSSR count). The molecule has 1 atom stereocenters. The van der Waals surface area contributed by atoms with Gasteiger partial charge in [0, 0.05) is 50.9 Å². The van der Waals surface area contributed by atoms with Crippen LogP contribution in [0.25, 0.3) is 0 Å². The number of nitrogens with one attached hydrogen (secondary N) is 2. The van der Waals surface area contributed by atoms with Crippen LogP contribution in [0, 0.1) is 0 Å². The fourth-order valence-electron chi connectivity index (χ4n) is 2.77. The number of carbonyl (C=O) groups is 2. The molecule has 1 aromatic heterocycles. The van der Waals surface area contributed by atoms with Crippen molar-refractivity contribution < 1.29 is 9.59 Å². The maximum atomic E-state index is 12.5. The lowest BCUT2D eigenvalue weighted by Crippen LogP contribution is -2.59. The average molecular weight is 318 g/mol. The molecule has 0 aromatic carbocycles. The maximum absolute atomic E-state index is 12.5. The van der Waals surface area contributed by atoms with Crippen molar-refractivity contribution in [3.8, 4) is 0 Å². The Morgan fingerprint density at radius 1 is 1.30 bits per heavy atom. The fraction of sp³-hybridized carbons (Fsp3) is 0.562. The zero-order chi connectivity index (χ0) is 16.2. The van der Waals surface area contributed by atoms with E-state index in [0.29, 0.717) is 26.2 Å². The number of aryl methyl sites for hydroxylation is 1. The first-order chi connectivity index (χ1) is 11.1. The Morgan fingerprint density at radius 3 is 2.87 bits per heavy atom. The summed E-state index contributed by atoms with van der Waals surface area (Å²) in [5.74, 6) is -0.164. The van der Waals surface area contributed by atoms with E-state index in [2.05, 4.69) is 10.6 Å². The lowest BCUT2D eigenvalue weighted by atomic mass is 10.1. The van der Waals surface area contributed by atoms with Gasteiger partial charge in [-0.2, -0.15) is 0 Å². The van der Waals surface area contributed by atoms with E-state index in [9.17, 15) is 14.4 Å². The summed E-state index contributed by atoms with van der Waals surface area (Å²) in [5, 5.41) is 6.13. The van der Waals surface area contributed by atoms with Crippen LogP contribution in [0.3, 0.4) is 0 Å². The van der Waals surface area contributed by atoms with Gasteiger partial charge < -0.3 is 20.1 Å². The van der Waals surface area contributed by atoms with E-state index in [1.807, 2.05) is 0 Å². The normalized spacial score (nSPS) is 21.0. The third-order valence-electron chi connectivity index (χ3n) is 4.26. The largest absolute Gasteiger partial charge is 0.352 e. The molecule has 0 bridgehead atoms. The van der Waals surface area contributed by atoms with Crippen molar-refractivity contribution in [2.24, 2.45) is 0 Å². The summed E-state index contributed by atoms with van der Waals surface area (Å²) >= 11 is 0. The van der Waals surface area contributed by atoms with E-state index < -0.39 is 6.04 Å². The Morgan fingerprint density at radius 2 is 2.13 bits per heavy atom. The van der Waals surface area contributed by atoms with Crippen LogP contribution in [0.1, 0.15) is 19.3 Å². The third-order valence-corrected chi connectivity index (χ3v) is 4.26. The first-order valence-electron chi connectivity index (χ1n) is 8.11. The first kappa shape index (κ1) is 15.7. The molecule has 0 radical (unpaired) electrons. The van der Waals surface area contributed by atoms with E-state index >= 15 is 0 Å². The van der Waals surface area contributed by atoms with Gasteiger partial charge in [-0.1, -0.05) is 6.07 Å². The number of carbonyl (C=O) groups excluding carboxylic acids is 2. The summed E-state index contributed by atoms with van der Waals surface area (Å²) in [5.41, 5.74) is -0.122. The van der Waals surface area contributed by atoms with E-state index in [0.717, 1.165) is 12.8 Å². The molecule has 2 aliphatic rings. The number of amides is 2. The third kappa shape index (κ3) is 3.98. The highest BCUT2D eigenvalue weighted by atomic mass is 16.2. The quantitative estimate of drug-likeness (QED) is 0.753. The summed E-state index contributed by atoms with van der Waals surface area (Å²) in [6.07, 6.45) is 3.94. The van der Waals surface area contributed by atoms with E-state index in [-0.39, 0.29) is 29.8 Å². The number of hydrogen-bond acceptors (Lipinski definition) is 4. The van der Waals surface area contributed by atoms with Gasteiger partial charge >= 0.3 is 0 Å². The Labute approximate surface area is 134 Å². The molecule has 7 heteroatoms. The number of rotatable bonds is 5. The average Bonchev–Trinajstić information content (AvgIpc) is 3.38. The predicted octanol–water partition coefficient (Wildman–Crippen LogP) is -0.683. The van der Waals surface area contributed by atoms with E-state index in [1.54, 1.807) is 23.2 Å². The number of pyridine rings is 1. The molecule has 7 nitrogen and oxygen atoms in total.